The van der Waals surface area contributed by atoms with Crippen LogP contribution in [0.2, 0.25) is 0 Å². The average Bonchev–Trinajstić information content (AvgIpc) is 2.39. The van der Waals surface area contributed by atoms with E-state index in [-0.39, 0.29) is 12.0 Å². The smallest absolute Gasteiger partial charge is 0.0494 e. The van der Waals surface area contributed by atoms with E-state index in [0.29, 0.717) is 0 Å². The summed E-state index contributed by atoms with van der Waals surface area (Å²) in [5.41, 5.74) is 4.14. The fraction of sp³-hybridized carbons (Fsp3) is 0.625. The van der Waals surface area contributed by atoms with Gasteiger partial charge in [-0.05, 0) is 30.0 Å². The molecule has 0 aliphatic carbocycles. The van der Waals surface area contributed by atoms with Crippen molar-refractivity contribution >= 4 is 5.69 Å². The minimum absolute atomic E-state index is 0.0472. The highest BCUT2D eigenvalue weighted by Gasteiger charge is 2.16. The van der Waals surface area contributed by atoms with Crippen LogP contribution in [0, 0.1) is 5.41 Å². The Labute approximate surface area is 116 Å². The molecule has 0 unspecified atom stereocenters. The third-order valence-electron chi connectivity index (χ3n) is 3.86. The fourth-order valence-corrected chi connectivity index (χ4v) is 2.55. The Hall–Kier alpha value is -1.06. The van der Waals surface area contributed by atoms with Gasteiger partial charge in [0.05, 0.1) is 0 Å². The predicted octanol–water partition coefficient (Wildman–Crippen LogP) is 2.18. The first-order valence-corrected chi connectivity index (χ1v) is 7.16. The van der Waals surface area contributed by atoms with Gasteiger partial charge in [-0.1, -0.05) is 26.0 Å². The predicted molar refractivity (Wildman–Crippen MR) is 80.6 cm³/mol. The number of nitrogens with zero attached hydrogens (tertiary/aromatic N) is 1. The Morgan fingerprint density at radius 3 is 2.89 bits per heavy atom. The van der Waals surface area contributed by atoms with Crippen molar-refractivity contribution in [1.82, 2.24) is 5.32 Å². The molecule has 1 aliphatic heterocycles. The summed E-state index contributed by atoms with van der Waals surface area (Å²) in [5.74, 6) is 0. The van der Waals surface area contributed by atoms with Crippen LogP contribution in [-0.4, -0.2) is 31.9 Å². The van der Waals surface area contributed by atoms with Gasteiger partial charge in [0, 0.05) is 44.4 Å². The third-order valence-corrected chi connectivity index (χ3v) is 3.86. The summed E-state index contributed by atoms with van der Waals surface area (Å²) in [6, 6.07) is 6.77. The summed E-state index contributed by atoms with van der Waals surface area (Å²) in [5, 5.41) is 12.7. The number of anilines is 1. The van der Waals surface area contributed by atoms with Crippen molar-refractivity contribution in [3.05, 3.63) is 29.3 Å². The lowest BCUT2D eigenvalue weighted by molar-refractivity contribution is 0.156. The quantitative estimate of drug-likeness (QED) is 0.854. The zero-order valence-corrected chi connectivity index (χ0v) is 12.4. The first-order valence-electron chi connectivity index (χ1n) is 7.16. The summed E-state index contributed by atoms with van der Waals surface area (Å²) in [7, 11) is 2.17. The van der Waals surface area contributed by atoms with Crippen molar-refractivity contribution in [3.63, 3.8) is 0 Å². The average molecular weight is 262 g/mol. The van der Waals surface area contributed by atoms with Gasteiger partial charge in [0.25, 0.3) is 0 Å². The van der Waals surface area contributed by atoms with Crippen LogP contribution in [0.5, 0.6) is 0 Å². The summed E-state index contributed by atoms with van der Waals surface area (Å²) in [4.78, 5) is 2.34. The number of benzene rings is 1. The van der Waals surface area contributed by atoms with E-state index in [9.17, 15) is 5.11 Å². The molecule has 3 nitrogen and oxygen atoms in total. The molecule has 0 spiro atoms. The largest absolute Gasteiger partial charge is 0.396 e. The van der Waals surface area contributed by atoms with Crippen molar-refractivity contribution < 1.29 is 5.11 Å². The molecule has 1 aliphatic rings. The highest BCUT2D eigenvalue weighted by atomic mass is 16.3. The molecule has 1 aromatic carbocycles. The maximum absolute atomic E-state index is 9.23. The zero-order valence-electron chi connectivity index (χ0n) is 12.4. The number of aliphatic hydroxyl groups is 1. The van der Waals surface area contributed by atoms with Gasteiger partial charge < -0.3 is 15.3 Å². The van der Waals surface area contributed by atoms with E-state index >= 15 is 0 Å². The first kappa shape index (κ1) is 14.4. The van der Waals surface area contributed by atoms with Gasteiger partial charge >= 0.3 is 0 Å². The molecule has 0 saturated carbocycles. The van der Waals surface area contributed by atoms with Crippen molar-refractivity contribution in [2.75, 3.05) is 31.6 Å². The van der Waals surface area contributed by atoms with E-state index in [4.69, 9.17) is 0 Å². The topological polar surface area (TPSA) is 35.5 Å². The molecule has 0 radical (unpaired) electrons. The number of fused-ring (bicyclic) bond motifs is 1. The lowest BCUT2D eigenvalue weighted by atomic mass is 9.95. The molecule has 0 aromatic heterocycles. The molecule has 0 fully saturated rings. The minimum atomic E-state index is -0.0472. The van der Waals surface area contributed by atoms with E-state index < -0.39 is 0 Å². The van der Waals surface area contributed by atoms with Crippen LogP contribution in [0.25, 0.3) is 0 Å². The number of aryl methyl sites for hydroxylation is 1. The minimum Gasteiger partial charge on any atom is -0.396 e. The van der Waals surface area contributed by atoms with Crippen LogP contribution in [0.15, 0.2) is 18.2 Å². The van der Waals surface area contributed by atoms with Gasteiger partial charge in [0.1, 0.15) is 0 Å². The van der Waals surface area contributed by atoms with Crippen molar-refractivity contribution in [3.8, 4) is 0 Å². The second-order valence-electron chi connectivity index (χ2n) is 6.41. The fourth-order valence-electron chi connectivity index (χ4n) is 2.55. The molecule has 3 heteroatoms. The molecule has 0 bridgehead atoms. The van der Waals surface area contributed by atoms with Crippen LogP contribution < -0.4 is 10.2 Å². The molecule has 1 aromatic rings. The number of hydrogen-bond acceptors (Lipinski definition) is 3. The summed E-state index contributed by atoms with van der Waals surface area (Å²) >= 11 is 0. The maximum atomic E-state index is 9.23. The van der Waals surface area contributed by atoms with E-state index in [0.717, 1.165) is 19.6 Å². The van der Waals surface area contributed by atoms with Gasteiger partial charge in [-0.25, -0.2) is 0 Å². The lowest BCUT2D eigenvalue weighted by Crippen LogP contribution is -2.32. The van der Waals surface area contributed by atoms with E-state index in [1.54, 1.807) is 0 Å². The van der Waals surface area contributed by atoms with Crippen LogP contribution >= 0.6 is 0 Å². The molecule has 2 N–H and O–H groups in total. The molecular weight excluding hydrogens is 236 g/mol. The third kappa shape index (κ3) is 3.71. The molecular formula is C16H26N2O. The van der Waals surface area contributed by atoms with Gasteiger partial charge in [-0.15, -0.1) is 0 Å². The molecule has 0 amide bonds. The summed E-state index contributed by atoms with van der Waals surface area (Å²) < 4.78 is 0. The van der Waals surface area contributed by atoms with Crippen LogP contribution in [0.3, 0.4) is 0 Å². The maximum Gasteiger partial charge on any atom is 0.0494 e. The van der Waals surface area contributed by atoms with Crippen molar-refractivity contribution in [2.45, 2.75) is 33.2 Å². The SMILES string of the molecule is CN1CCCc2cc(CNCC(C)(C)CO)ccc21. The Balaban J connectivity index is 1.95. The molecule has 0 saturated heterocycles. The van der Waals surface area contributed by atoms with Gasteiger partial charge in [0.2, 0.25) is 0 Å². The molecule has 2 rings (SSSR count). The highest BCUT2D eigenvalue weighted by Crippen LogP contribution is 2.26. The zero-order chi connectivity index (χ0) is 13.9. The van der Waals surface area contributed by atoms with E-state index in [2.05, 4.69) is 49.3 Å². The van der Waals surface area contributed by atoms with Gasteiger partial charge in [0.15, 0.2) is 0 Å². The first-order chi connectivity index (χ1) is 9.02. The Morgan fingerprint density at radius 1 is 1.37 bits per heavy atom. The second kappa shape index (κ2) is 5.93. The summed E-state index contributed by atoms with van der Waals surface area (Å²) in [6.07, 6.45) is 2.44. The standard InChI is InChI=1S/C16H26N2O/c1-16(2,12-19)11-17-10-13-6-7-15-14(9-13)5-4-8-18(15)3/h6-7,9,17,19H,4-5,8,10-12H2,1-3H3. The Morgan fingerprint density at radius 2 is 2.16 bits per heavy atom. The van der Waals surface area contributed by atoms with E-state index in [1.165, 1.54) is 29.7 Å². The lowest BCUT2D eigenvalue weighted by Gasteiger charge is -2.28. The van der Waals surface area contributed by atoms with Crippen molar-refractivity contribution in [1.29, 1.82) is 0 Å². The monoisotopic (exact) mass is 262 g/mol. The Kier molecular flexibility index (Phi) is 4.48. The van der Waals surface area contributed by atoms with Crippen LogP contribution in [-0.2, 0) is 13.0 Å². The molecule has 0 atom stereocenters. The summed E-state index contributed by atoms with van der Waals surface area (Å²) in [6.45, 7) is 7.23. The van der Waals surface area contributed by atoms with Gasteiger partial charge in [-0.3, -0.25) is 0 Å². The number of nitrogens with one attached hydrogen (secondary N) is 1. The van der Waals surface area contributed by atoms with Gasteiger partial charge in [-0.2, -0.15) is 0 Å². The number of hydrogen-bond donors (Lipinski definition) is 2. The van der Waals surface area contributed by atoms with E-state index in [1.807, 2.05) is 0 Å². The molecule has 1 heterocycles. The highest BCUT2D eigenvalue weighted by molar-refractivity contribution is 5.56. The van der Waals surface area contributed by atoms with Crippen molar-refractivity contribution in [2.24, 2.45) is 5.41 Å². The Bertz CT molecular complexity index is 429. The normalized spacial score (nSPS) is 15.5. The molecule has 106 valence electrons. The number of aliphatic hydroxyl groups excluding tert-OH is 1. The van der Waals surface area contributed by atoms with Crippen LogP contribution in [0.4, 0.5) is 5.69 Å². The molecule has 19 heavy (non-hydrogen) atoms. The second-order valence-corrected chi connectivity index (χ2v) is 6.41. The van der Waals surface area contributed by atoms with Crippen LogP contribution in [0.1, 0.15) is 31.4 Å². The number of rotatable bonds is 5.